The first-order valence-electron chi connectivity index (χ1n) is 4.32. The second-order valence-electron chi connectivity index (χ2n) is 3.03. The number of nitrogens with one attached hydrogen (secondary N) is 1. The lowest BCUT2D eigenvalue weighted by Gasteiger charge is -1.97. The maximum atomic E-state index is 8.96. The molecule has 1 heterocycles. The summed E-state index contributed by atoms with van der Waals surface area (Å²) in [6, 6.07) is 7.65. The first-order valence-corrected chi connectivity index (χ1v) is 5.49. The van der Waals surface area contributed by atoms with Crippen LogP contribution < -0.4 is 0 Å². The van der Waals surface area contributed by atoms with Crippen LogP contribution in [0.1, 0.15) is 5.69 Å². The lowest BCUT2D eigenvalue weighted by molar-refractivity contribution is 0.277. The average Bonchev–Trinajstić information content (AvgIpc) is 2.61. The van der Waals surface area contributed by atoms with Crippen molar-refractivity contribution < 1.29 is 5.11 Å². The summed E-state index contributed by atoms with van der Waals surface area (Å²) in [7, 11) is 0. The van der Waals surface area contributed by atoms with Crippen molar-refractivity contribution in [2.24, 2.45) is 0 Å². The number of benzene rings is 1. The van der Waals surface area contributed by atoms with Gasteiger partial charge in [-0.2, -0.15) is 5.10 Å². The molecule has 2 aromatic rings. The van der Waals surface area contributed by atoms with Crippen LogP contribution in [0.5, 0.6) is 0 Å². The van der Waals surface area contributed by atoms with Crippen LogP contribution in [0.4, 0.5) is 0 Å². The van der Waals surface area contributed by atoms with Gasteiger partial charge in [-0.25, -0.2) is 0 Å². The Morgan fingerprint density at radius 1 is 1.33 bits per heavy atom. The molecule has 0 radical (unpaired) electrons. The second kappa shape index (κ2) is 4.35. The van der Waals surface area contributed by atoms with Gasteiger partial charge in [-0.05, 0) is 12.1 Å². The van der Waals surface area contributed by atoms with E-state index in [0.717, 1.165) is 10.0 Å². The smallest absolute Gasteiger partial charge is 0.111 e. The van der Waals surface area contributed by atoms with Crippen molar-refractivity contribution >= 4 is 27.5 Å². The molecule has 0 aliphatic carbocycles. The fourth-order valence-electron chi connectivity index (χ4n) is 1.27. The topological polar surface area (TPSA) is 48.9 Å². The van der Waals surface area contributed by atoms with Crippen molar-refractivity contribution in [3.63, 3.8) is 0 Å². The molecule has 1 aromatic carbocycles. The monoisotopic (exact) mass is 286 g/mol. The molecular weight excluding hydrogens is 279 g/mol. The minimum absolute atomic E-state index is 0.137. The Hall–Kier alpha value is -0.840. The summed E-state index contributed by atoms with van der Waals surface area (Å²) in [5.74, 6) is 0. The van der Waals surface area contributed by atoms with Gasteiger partial charge in [-0.3, -0.25) is 5.10 Å². The van der Waals surface area contributed by atoms with E-state index in [1.807, 2.05) is 24.3 Å². The van der Waals surface area contributed by atoms with Gasteiger partial charge in [-0.1, -0.05) is 39.7 Å². The standard InChI is InChI=1S/C10H8BrClN2O/c11-7-3-1-6(2-4-7)10-9(12)8(5-15)13-14-10/h1-4,15H,5H2,(H,13,14). The number of aliphatic hydroxyl groups excluding tert-OH is 1. The van der Waals surface area contributed by atoms with Crippen molar-refractivity contribution in [2.45, 2.75) is 6.61 Å². The molecule has 3 nitrogen and oxygen atoms in total. The minimum atomic E-state index is -0.137. The lowest BCUT2D eigenvalue weighted by atomic mass is 10.1. The predicted molar refractivity (Wildman–Crippen MR) is 62.7 cm³/mol. The quantitative estimate of drug-likeness (QED) is 0.892. The number of hydrogen-bond donors (Lipinski definition) is 2. The molecule has 1 aromatic heterocycles. The predicted octanol–water partition coefficient (Wildman–Crippen LogP) is 2.98. The molecular formula is C10H8BrClN2O. The molecule has 0 bridgehead atoms. The molecule has 2 rings (SSSR count). The van der Waals surface area contributed by atoms with Gasteiger partial charge in [0.05, 0.1) is 17.3 Å². The first-order chi connectivity index (χ1) is 7.22. The second-order valence-corrected chi connectivity index (χ2v) is 4.32. The Morgan fingerprint density at radius 3 is 2.53 bits per heavy atom. The number of hydrogen-bond acceptors (Lipinski definition) is 2. The Labute approximate surface area is 100 Å². The molecule has 2 N–H and O–H groups in total. The fourth-order valence-corrected chi connectivity index (χ4v) is 1.79. The van der Waals surface area contributed by atoms with Gasteiger partial charge < -0.3 is 5.11 Å². The summed E-state index contributed by atoms with van der Waals surface area (Å²) in [5.41, 5.74) is 2.11. The third-order valence-electron chi connectivity index (χ3n) is 2.05. The normalized spacial score (nSPS) is 10.6. The van der Waals surface area contributed by atoms with E-state index in [4.69, 9.17) is 16.7 Å². The third-order valence-corrected chi connectivity index (χ3v) is 2.99. The highest BCUT2D eigenvalue weighted by molar-refractivity contribution is 9.10. The summed E-state index contributed by atoms with van der Waals surface area (Å²) in [6.45, 7) is -0.137. The summed E-state index contributed by atoms with van der Waals surface area (Å²) >= 11 is 9.39. The zero-order chi connectivity index (χ0) is 10.8. The molecule has 0 aliphatic rings. The Morgan fingerprint density at radius 2 is 2.00 bits per heavy atom. The van der Waals surface area contributed by atoms with Crippen LogP contribution in [0.15, 0.2) is 28.7 Å². The van der Waals surface area contributed by atoms with E-state index in [0.29, 0.717) is 16.4 Å². The van der Waals surface area contributed by atoms with Gasteiger partial charge in [0.1, 0.15) is 5.69 Å². The van der Waals surface area contributed by atoms with Gasteiger partial charge in [0.25, 0.3) is 0 Å². The van der Waals surface area contributed by atoms with Crippen LogP contribution in [-0.2, 0) is 6.61 Å². The van der Waals surface area contributed by atoms with E-state index in [2.05, 4.69) is 26.1 Å². The molecule has 0 atom stereocenters. The Kier molecular flexibility index (Phi) is 3.09. The van der Waals surface area contributed by atoms with Crippen LogP contribution in [0.25, 0.3) is 11.3 Å². The Bertz CT molecular complexity index is 467. The van der Waals surface area contributed by atoms with E-state index in [1.54, 1.807) is 0 Å². The molecule has 0 saturated heterocycles. The molecule has 5 heteroatoms. The van der Waals surface area contributed by atoms with Crippen LogP contribution in [0.3, 0.4) is 0 Å². The van der Waals surface area contributed by atoms with Crippen LogP contribution in [-0.4, -0.2) is 15.3 Å². The van der Waals surface area contributed by atoms with Gasteiger partial charge in [0, 0.05) is 10.0 Å². The maximum Gasteiger partial charge on any atom is 0.111 e. The largest absolute Gasteiger partial charge is 0.390 e. The number of nitrogens with zero attached hydrogens (tertiary/aromatic N) is 1. The first kappa shape index (κ1) is 10.7. The minimum Gasteiger partial charge on any atom is -0.390 e. The SMILES string of the molecule is OCc1[nH]nc(-c2ccc(Br)cc2)c1Cl. The number of rotatable bonds is 2. The van der Waals surface area contributed by atoms with Crippen LogP contribution in [0.2, 0.25) is 5.02 Å². The highest BCUT2D eigenvalue weighted by Crippen LogP contribution is 2.29. The number of aliphatic hydroxyl groups is 1. The molecule has 0 saturated carbocycles. The Balaban J connectivity index is 2.45. The third kappa shape index (κ3) is 2.07. The zero-order valence-electron chi connectivity index (χ0n) is 7.67. The highest BCUT2D eigenvalue weighted by Gasteiger charge is 2.11. The van der Waals surface area contributed by atoms with Crippen LogP contribution >= 0.6 is 27.5 Å². The molecule has 0 fully saturated rings. The van der Waals surface area contributed by atoms with Crippen molar-refractivity contribution in [1.82, 2.24) is 10.2 Å². The number of H-pyrrole nitrogens is 1. The van der Waals surface area contributed by atoms with Gasteiger partial charge in [-0.15, -0.1) is 0 Å². The molecule has 0 amide bonds. The molecule has 78 valence electrons. The summed E-state index contributed by atoms with van der Waals surface area (Å²) in [4.78, 5) is 0. The van der Waals surface area contributed by atoms with Crippen molar-refractivity contribution in [3.05, 3.63) is 39.5 Å². The van der Waals surface area contributed by atoms with Gasteiger partial charge >= 0.3 is 0 Å². The summed E-state index contributed by atoms with van der Waals surface area (Å²) < 4.78 is 1.00. The van der Waals surface area contributed by atoms with Crippen molar-refractivity contribution in [3.8, 4) is 11.3 Å². The lowest BCUT2D eigenvalue weighted by Crippen LogP contribution is -1.82. The van der Waals surface area contributed by atoms with E-state index < -0.39 is 0 Å². The fraction of sp³-hybridized carbons (Fsp3) is 0.100. The average molecular weight is 288 g/mol. The van der Waals surface area contributed by atoms with E-state index in [9.17, 15) is 0 Å². The van der Waals surface area contributed by atoms with E-state index in [1.165, 1.54) is 0 Å². The number of halogens is 2. The van der Waals surface area contributed by atoms with Gasteiger partial charge in [0.2, 0.25) is 0 Å². The summed E-state index contributed by atoms with van der Waals surface area (Å²) in [6.07, 6.45) is 0. The molecule has 0 unspecified atom stereocenters. The maximum absolute atomic E-state index is 8.96. The highest BCUT2D eigenvalue weighted by atomic mass is 79.9. The number of aromatic amines is 1. The molecule has 15 heavy (non-hydrogen) atoms. The van der Waals surface area contributed by atoms with E-state index >= 15 is 0 Å². The molecule has 0 spiro atoms. The van der Waals surface area contributed by atoms with Crippen LogP contribution in [0, 0.1) is 0 Å². The van der Waals surface area contributed by atoms with Crippen molar-refractivity contribution in [2.75, 3.05) is 0 Å². The molecule has 0 aliphatic heterocycles. The zero-order valence-corrected chi connectivity index (χ0v) is 10.0. The van der Waals surface area contributed by atoms with Gasteiger partial charge in [0.15, 0.2) is 0 Å². The van der Waals surface area contributed by atoms with E-state index in [-0.39, 0.29) is 6.61 Å². The summed E-state index contributed by atoms with van der Waals surface area (Å²) in [5, 5.41) is 16.2. The number of aromatic nitrogens is 2. The van der Waals surface area contributed by atoms with Crippen molar-refractivity contribution in [1.29, 1.82) is 0 Å².